The molecule has 0 N–H and O–H groups in total. The van der Waals surface area contributed by atoms with Gasteiger partial charge in [0.2, 0.25) is 0 Å². The number of carbonyl (C=O) groups is 1. The van der Waals surface area contributed by atoms with Crippen molar-refractivity contribution in [2.75, 3.05) is 6.61 Å². The lowest BCUT2D eigenvalue weighted by atomic mass is 10.1. The number of halogens is 1. The lowest BCUT2D eigenvalue weighted by Gasteiger charge is -2.14. The Morgan fingerprint density at radius 3 is 2.64 bits per heavy atom. The van der Waals surface area contributed by atoms with Crippen molar-refractivity contribution in [3.63, 3.8) is 0 Å². The van der Waals surface area contributed by atoms with Crippen LogP contribution in [0.2, 0.25) is 0 Å². The van der Waals surface area contributed by atoms with Crippen LogP contribution in [0.15, 0.2) is 77.2 Å². The SMILES string of the molecule is CCOC(=O)c1cn(-c2ccc3ncsc3c2)c(-c2ccc(-c3ccc(F)cc3)s2)cc1=O. The normalized spacial score (nSPS) is 11.1. The lowest BCUT2D eigenvalue weighted by molar-refractivity contribution is 0.0524. The highest BCUT2D eigenvalue weighted by molar-refractivity contribution is 7.18. The van der Waals surface area contributed by atoms with Gasteiger partial charge in [-0.3, -0.25) is 4.79 Å². The van der Waals surface area contributed by atoms with Crippen LogP contribution in [0.4, 0.5) is 4.39 Å². The molecule has 5 nitrogen and oxygen atoms in total. The van der Waals surface area contributed by atoms with Crippen molar-refractivity contribution in [1.82, 2.24) is 9.55 Å². The average Bonchev–Trinajstić information content (AvgIpc) is 3.49. The number of rotatable bonds is 5. The molecule has 0 unspecified atom stereocenters. The maximum absolute atomic E-state index is 13.3. The van der Waals surface area contributed by atoms with Gasteiger partial charge in [0.05, 0.1) is 32.9 Å². The lowest BCUT2D eigenvalue weighted by Crippen LogP contribution is -2.20. The molecule has 0 aliphatic rings. The fourth-order valence-electron chi connectivity index (χ4n) is 3.54. The Bertz CT molecular complexity index is 1530. The van der Waals surface area contributed by atoms with Gasteiger partial charge in [-0.2, -0.15) is 0 Å². The van der Waals surface area contributed by atoms with Crippen molar-refractivity contribution in [1.29, 1.82) is 0 Å². The van der Waals surface area contributed by atoms with Crippen LogP contribution < -0.4 is 5.43 Å². The molecule has 0 fully saturated rings. The van der Waals surface area contributed by atoms with Crippen LogP contribution in [0.25, 0.3) is 36.9 Å². The Hall–Kier alpha value is -3.62. The van der Waals surface area contributed by atoms with E-state index in [9.17, 15) is 14.0 Å². The van der Waals surface area contributed by atoms with Crippen molar-refractivity contribution < 1.29 is 13.9 Å². The highest BCUT2D eigenvalue weighted by Gasteiger charge is 2.18. The number of aromatic nitrogens is 2. The molecule has 0 spiro atoms. The fourth-order valence-corrected chi connectivity index (χ4v) is 5.27. The molecule has 5 aromatic rings. The molecule has 0 aliphatic carbocycles. The highest BCUT2D eigenvalue weighted by Crippen LogP contribution is 2.35. The quantitative estimate of drug-likeness (QED) is 0.285. The van der Waals surface area contributed by atoms with Crippen molar-refractivity contribution >= 4 is 38.9 Å². The third kappa shape index (κ3) is 4.10. The van der Waals surface area contributed by atoms with Crippen LogP contribution in [-0.4, -0.2) is 22.1 Å². The molecule has 2 aromatic carbocycles. The average molecular weight is 477 g/mol. The van der Waals surface area contributed by atoms with Gasteiger partial charge in [0.25, 0.3) is 0 Å². The molecular weight excluding hydrogens is 459 g/mol. The monoisotopic (exact) mass is 476 g/mol. The Morgan fingerprint density at radius 2 is 1.85 bits per heavy atom. The van der Waals surface area contributed by atoms with Crippen LogP contribution in [0.1, 0.15) is 17.3 Å². The van der Waals surface area contributed by atoms with Crippen molar-refractivity contribution in [2.24, 2.45) is 0 Å². The topological polar surface area (TPSA) is 61.2 Å². The number of hydrogen-bond acceptors (Lipinski definition) is 6. The van der Waals surface area contributed by atoms with Crippen LogP contribution >= 0.6 is 22.7 Å². The van der Waals surface area contributed by atoms with E-state index in [4.69, 9.17) is 4.74 Å². The molecule has 0 bridgehead atoms. The number of nitrogens with zero attached hydrogens (tertiary/aromatic N) is 2. The van der Waals surface area contributed by atoms with Gasteiger partial charge in [0, 0.05) is 22.8 Å². The smallest absolute Gasteiger partial charge is 0.343 e. The zero-order valence-electron chi connectivity index (χ0n) is 17.4. The van der Waals surface area contributed by atoms with Crippen LogP contribution in [0, 0.1) is 5.82 Å². The van der Waals surface area contributed by atoms with Crippen molar-refractivity contribution in [3.05, 3.63) is 94.0 Å². The van der Waals surface area contributed by atoms with Gasteiger partial charge in [-0.15, -0.1) is 22.7 Å². The summed E-state index contributed by atoms with van der Waals surface area (Å²) in [4.78, 5) is 31.4. The molecule has 5 rings (SSSR count). The Morgan fingerprint density at radius 1 is 1.06 bits per heavy atom. The van der Waals surface area contributed by atoms with Crippen molar-refractivity contribution in [3.8, 4) is 26.7 Å². The predicted molar refractivity (Wildman–Crippen MR) is 130 cm³/mol. The minimum absolute atomic E-state index is 0.0275. The van der Waals surface area contributed by atoms with E-state index in [0.717, 1.165) is 31.2 Å². The summed E-state index contributed by atoms with van der Waals surface area (Å²) in [7, 11) is 0. The summed E-state index contributed by atoms with van der Waals surface area (Å²) in [6.07, 6.45) is 1.54. The number of hydrogen-bond donors (Lipinski definition) is 0. The van der Waals surface area contributed by atoms with E-state index in [1.165, 1.54) is 47.1 Å². The largest absolute Gasteiger partial charge is 0.462 e. The first kappa shape index (κ1) is 21.2. The van der Waals surface area contributed by atoms with Gasteiger partial charge >= 0.3 is 5.97 Å². The minimum Gasteiger partial charge on any atom is -0.462 e. The number of thiazole rings is 1. The summed E-state index contributed by atoms with van der Waals surface area (Å²) >= 11 is 3.00. The summed E-state index contributed by atoms with van der Waals surface area (Å²) in [5.41, 5.74) is 4.55. The summed E-state index contributed by atoms with van der Waals surface area (Å²) in [6.45, 7) is 1.88. The van der Waals surface area contributed by atoms with E-state index in [2.05, 4.69) is 4.98 Å². The second-order valence-corrected chi connectivity index (χ2v) is 9.17. The Kier molecular flexibility index (Phi) is 5.62. The van der Waals surface area contributed by atoms with Gasteiger partial charge in [-0.1, -0.05) is 12.1 Å². The van der Waals surface area contributed by atoms with Gasteiger partial charge in [-0.05, 0) is 55.0 Å². The van der Waals surface area contributed by atoms with Gasteiger partial charge < -0.3 is 9.30 Å². The molecule has 0 saturated carbocycles. The van der Waals surface area contributed by atoms with Gasteiger partial charge in [-0.25, -0.2) is 14.2 Å². The predicted octanol–water partition coefficient (Wildman–Crippen LogP) is 6.16. The number of esters is 1. The first-order valence-electron chi connectivity index (χ1n) is 10.2. The van der Waals surface area contributed by atoms with E-state index in [0.29, 0.717) is 5.69 Å². The van der Waals surface area contributed by atoms with Crippen LogP contribution in [0.5, 0.6) is 0 Å². The van der Waals surface area contributed by atoms with E-state index >= 15 is 0 Å². The maximum atomic E-state index is 13.3. The number of benzene rings is 2. The Labute approximate surface area is 196 Å². The molecule has 0 atom stereocenters. The zero-order chi connectivity index (χ0) is 22.9. The summed E-state index contributed by atoms with van der Waals surface area (Å²) in [6, 6.07) is 17.4. The standard InChI is InChI=1S/C25H17FN2O3S2/c1-2-31-25(30)18-13-28(17-7-8-19-24(11-17)32-14-27-19)20(12-21(18)29)23-10-9-22(33-23)15-3-5-16(26)6-4-15/h3-14H,2H2,1H3. The van der Waals surface area contributed by atoms with Crippen molar-refractivity contribution in [2.45, 2.75) is 6.92 Å². The molecule has 0 amide bonds. The molecule has 0 aliphatic heterocycles. The fraction of sp³-hybridized carbons (Fsp3) is 0.0800. The summed E-state index contributed by atoms with van der Waals surface area (Å²) in [5, 5.41) is 0. The molecular formula is C25H17FN2O3S2. The molecule has 33 heavy (non-hydrogen) atoms. The number of carbonyl (C=O) groups excluding carboxylic acids is 1. The van der Waals surface area contributed by atoms with E-state index in [1.54, 1.807) is 24.6 Å². The number of thiophene rings is 1. The summed E-state index contributed by atoms with van der Waals surface area (Å²) in [5.74, 6) is -0.947. The first-order valence-corrected chi connectivity index (χ1v) is 11.9. The van der Waals surface area contributed by atoms with Gasteiger partial charge in [0.15, 0.2) is 5.43 Å². The number of pyridine rings is 1. The van der Waals surface area contributed by atoms with E-state index in [1.807, 2.05) is 34.9 Å². The zero-order valence-corrected chi connectivity index (χ0v) is 19.1. The molecule has 164 valence electrons. The Balaban J connectivity index is 1.68. The molecule has 8 heteroatoms. The van der Waals surface area contributed by atoms with E-state index in [-0.39, 0.29) is 18.0 Å². The maximum Gasteiger partial charge on any atom is 0.343 e. The first-order chi connectivity index (χ1) is 16.0. The third-order valence-corrected chi connectivity index (χ3v) is 7.08. The number of fused-ring (bicyclic) bond motifs is 1. The number of ether oxygens (including phenoxy) is 1. The second kappa shape index (κ2) is 8.73. The van der Waals surface area contributed by atoms with Gasteiger partial charge in [0.1, 0.15) is 11.4 Å². The highest BCUT2D eigenvalue weighted by atomic mass is 32.1. The molecule has 3 aromatic heterocycles. The molecule has 0 saturated heterocycles. The molecule has 3 heterocycles. The minimum atomic E-state index is -0.653. The van der Waals surface area contributed by atoms with E-state index < -0.39 is 11.4 Å². The third-order valence-electron chi connectivity index (χ3n) is 5.13. The van der Waals surface area contributed by atoms with Crippen LogP contribution in [0.3, 0.4) is 0 Å². The second-order valence-electron chi connectivity index (χ2n) is 7.20. The van der Waals surface area contributed by atoms with Crippen LogP contribution in [-0.2, 0) is 4.74 Å². The summed E-state index contributed by atoms with van der Waals surface area (Å²) < 4.78 is 21.2. The molecule has 0 radical (unpaired) electrons.